The molecule has 1 aromatic heterocycles. The summed E-state index contributed by atoms with van der Waals surface area (Å²) < 4.78 is 1.66. The topological polar surface area (TPSA) is 51.3 Å². The molecule has 1 atom stereocenters. The molecule has 0 saturated heterocycles. The lowest BCUT2D eigenvalue weighted by Crippen LogP contribution is -2.30. The van der Waals surface area contributed by atoms with Crippen LogP contribution in [0.15, 0.2) is 23.1 Å². The Morgan fingerprint density at radius 3 is 2.79 bits per heavy atom. The van der Waals surface area contributed by atoms with Crippen molar-refractivity contribution >= 4 is 5.69 Å². The van der Waals surface area contributed by atoms with Crippen molar-refractivity contribution in [1.82, 2.24) is 9.47 Å². The van der Waals surface area contributed by atoms with Crippen molar-refractivity contribution in [2.45, 2.75) is 13.0 Å². The Morgan fingerprint density at radius 2 is 2.21 bits per heavy atom. The Hall–Kier alpha value is -1.29. The summed E-state index contributed by atoms with van der Waals surface area (Å²) >= 11 is 0. The van der Waals surface area contributed by atoms with Gasteiger partial charge < -0.3 is 15.2 Å². The molecule has 4 heteroatoms. The quantitative estimate of drug-likeness (QED) is 0.766. The number of rotatable bonds is 3. The summed E-state index contributed by atoms with van der Waals surface area (Å²) in [4.78, 5) is 13.7. The Labute approximate surface area is 83.9 Å². The van der Waals surface area contributed by atoms with E-state index in [2.05, 4.69) is 0 Å². The lowest BCUT2D eigenvalue weighted by molar-refractivity contribution is 0.333. The minimum Gasteiger partial charge on any atom is -0.394 e. The molecule has 14 heavy (non-hydrogen) atoms. The highest BCUT2D eigenvalue weighted by Gasteiger charge is 2.08. The SMILES string of the molecule is CC(CN(C)C)n1cccc(N)c1=O. The van der Waals surface area contributed by atoms with Crippen LogP contribution in [0.1, 0.15) is 13.0 Å². The van der Waals surface area contributed by atoms with Gasteiger partial charge in [-0.1, -0.05) is 0 Å². The molecule has 0 amide bonds. The van der Waals surface area contributed by atoms with Crippen LogP contribution in [0.5, 0.6) is 0 Å². The number of nitrogens with zero attached hydrogens (tertiary/aromatic N) is 2. The zero-order chi connectivity index (χ0) is 10.7. The van der Waals surface area contributed by atoms with Gasteiger partial charge in [-0.15, -0.1) is 0 Å². The van der Waals surface area contributed by atoms with Gasteiger partial charge in [0.1, 0.15) is 0 Å². The van der Waals surface area contributed by atoms with Gasteiger partial charge in [0.25, 0.3) is 5.56 Å². The average molecular weight is 195 g/mol. The summed E-state index contributed by atoms with van der Waals surface area (Å²) in [5.74, 6) is 0. The van der Waals surface area contributed by atoms with Crippen LogP contribution in [-0.4, -0.2) is 30.1 Å². The number of nitrogens with two attached hydrogens (primary N) is 1. The van der Waals surface area contributed by atoms with Crippen molar-refractivity contribution < 1.29 is 0 Å². The van der Waals surface area contributed by atoms with Crippen LogP contribution in [-0.2, 0) is 0 Å². The van der Waals surface area contributed by atoms with Crippen LogP contribution >= 0.6 is 0 Å². The maximum Gasteiger partial charge on any atom is 0.273 e. The van der Waals surface area contributed by atoms with Crippen LogP contribution in [0.3, 0.4) is 0 Å². The highest BCUT2D eigenvalue weighted by molar-refractivity contribution is 5.33. The summed E-state index contributed by atoms with van der Waals surface area (Å²) in [6, 6.07) is 3.56. The predicted octanol–water partition coefficient (Wildman–Crippen LogP) is 0.553. The molecule has 0 saturated carbocycles. The number of hydrogen-bond acceptors (Lipinski definition) is 3. The average Bonchev–Trinajstić information content (AvgIpc) is 2.08. The number of aromatic nitrogens is 1. The zero-order valence-corrected chi connectivity index (χ0v) is 8.90. The molecular weight excluding hydrogens is 178 g/mol. The molecule has 1 aromatic rings. The van der Waals surface area contributed by atoms with Crippen LogP contribution in [0.25, 0.3) is 0 Å². The van der Waals surface area contributed by atoms with E-state index in [0.29, 0.717) is 5.69 Å². The van der Waals surface area contributed by atoms with E-state index in [1.807, 2.05) is 25.9 Å². The van der Waals surface area contributed by atoms with E-state index in [9.17, 15) is 4.79 Å². The summed E-state index contributed by atoms with van der Waals surface area (Å²) in [6.07, 6.45) is 1.77. The highest BCUT2D eigenvalue weighted by atomic mass is 16.1. The first-order valence-corrected chi connectivity index (χ1v) is 4.63. The van der Waals surface area contributed by atoms with Gasteiger partial charge in [-0.25, -0.2) is 0 Å². The largest absolute Gasteiger partial charge is 0.394 e. The molecule has 0 aliphatic rings. The zero-order valence-electron chi connectivity index (χ0n) is 8.90. The van der Waals surface area contributed by atoms with E-state index in [0.717, 1.165) is 6.54 Å². The molecule has 0 bridgehead atoms. The third kappa shape index (κ3) is 2.35. The Balaban J connectivity index is 2.96. The minimum atomic E-state index is -0.109. The van der Waals surface area contributed by atoms with Crippen molar-refractivity contribution in [2.24, 2.45) is 0 Å². The molecule has 78 valence electrons. The first kappa shape index (κ1) is 10.8. The molecule has 0 fully saturated rings. The third-order valence-electron chi connectivity index (χ3n) is 2.11. The monoisotopic (exact) mass is 195 g/mol. The van der Waals surface area contributed by atoms with Crippen LogP contribution in [0.2, 0.25) is 0 Å². The minimum absolute atomic E-state index is 0.109. The first-order chi connectivity index (χ1) is 6.52. The number of nitrogen functional groups attached to an aromatic ring is 1. The summed E-state index contributed by atoms with van der Waals surface area (Å²) in [7, 11) is 3.96. The normalized spacial score (nSPS) is 13.1. The molecule has 1 unspecified atom stereocenters. The summed E-state index contributed by atoms with van der Waals surface area (Å²) in [5, 5.41) is 0. The van der Waals surface area contributed by atoms with Crippen molar-refractivity contribution in [1.29, 1.82) is 0 Å². The maximum absolute atomic E-state index is 11.6. The van der Waals surface area contributed by atoms with E-state index >= 15 is 0 Å². The summed E-state index contributed by atoms with van der Waals surface area (Å²) in [5.41, 5.74) is 5.74. The standard InChI is InChI=1S/C10H17N3O/c1-8(7-12(2)3)13-6-4-5-9(11)10(13)14/h4-6,8H,7,11H2,1-3H3. The van der Waals surface area contributed by atoms with Crippen molar-refractivity contribution in [3.8, 4) is 0 Å². The van der Waals surface area contributed by atoms with Gasteiger partial charge >= 0.3 is 0 Å². The van der Waals surface area contributed by atoms with Gasteiger partial charge in [0.2, 0.25) is 0 Å². The van der Waals surface area contributed by atoms with Crippen molar-refractivity contribution in [3.05, 3.63) is 28.7 Å². The van der Waals surface area contributed by atoms with Crippen LogP contribution < -0.4 is 11.3 Å². The second-order valence-corrected chi connectivity index (χ2v) is 3.79. The molecule has 0 aliphatic heterocycles. The summed E-state index contributed by atoms with van der Waals surface area (Å²) in [6.45, 7) is 2.82. The Bertz CT molecular complexity index is 357. The lowest BCUT2D eigenvalue weighted by Gasteiger charge is -2.19. The molecule has 0 radical (unpaired) electrons. The van der Waals surface area contributed by atoms with Crippen molar-refractivity contribution in [2.75, 3.05) is 26.4 Å². The van der Waals surface area contributed by atoms with E-state index in [4.69, 9.17) is 5.73 Å². The molecule has 4 nitrogen and oxygen atoms in total. The Morgan fingerprint density at radius 1 is 1.57 bits per heavy atom. The molecule has 0 spiro atoms. The van der Waals surface area contributed by atoms with Gasteiger partial charge in [0.15, 0.2) is 0 Å². The Kier molecular flexibility index (Phi) is 3.30. The van der Waals surface area contributed by atoms with Gasteiger partial charge in [0.05, 0.1) is 5.69 Å². The van der Waals surface area contributed by atoms with Crippen molar-refractivity contribution in [3.63, 3.8) is 0 Å². The molecular formula is C10H17N3O. The lowest BCUT2D eigenvalue weighted by atomic mass is 10.3. The van der Waals surface area contributed by atoms with Gasteiger partial charge in [0, 0.05) is 18.8 Å². The fraction of sp³-hybridized carbons (Fsp3) is 0.500. The van der Waals surface area contributed by atoms with Crippen LogP contribution in [0.4, 0.5) is 5.69 Å². The number of likely N-dealkylation sites (N-methyl/N-ethyl adjacent to an activating group) is 1. The predicted molar refractivity (Wildman–Crippen MR) is 58.4 cm³/mol. The maximum atomic E-state index is 11.6. The molecule has 1 rings (SSSR count). The molecule has 1 heterocycles. The van der Waals surface area contributed by atoms with E-state index < -0.39 is 0 Å². The van der Waals surface area contributed by atoms with Crippen LogP contribution in [0, 0.1) is 0 Å². The number of hydrogen-bond donors (Lipinski definition) is 1. The van der Waals surface area contributed by atoms with Gasteiger partial charge in [-0.3, -0.25) is 4.79 Å². The van der Waals surface area contributed by atoms with E-state index in [-0.39, 0.29) is 11.6 Å². The van der Waals surface area contributed by atoms with Gasteiger partial charge in [-0.2, -0.15) is 0 Å². The number of pyridine rings is 1. The third-order valence-corrected chi connectivity index (χ3v) is 2.11. The smallest absolute Gasteiger partial charge is 0.273 e. The van der Waals surface area contributed by atoms with E-state index in [1.165, 1.54) is 0 Å². The van der Waals surface area contributed by atoms with Gasteiger partial charge in [-0.05, 0) is 33.2 Å². The van der Waals surface area contributed by atoms with E-state index in [1.54, 1.807) is 22.9 Å². The highest BCUT2D eigenvalue weighted by Crippen LogP contribution is 2.04. The first-order valence-electron chi connectivity index (χ1n) is 4.63. The molecule has 0 aromatic carbocycles. The fourth-order valence-electron chi connectivity index (χ4n) is 1.49. The number of anilines is 1. The molecule has 0 aliphatic carbocycles. The second-order valence-electron chi connectivity index (χ2n) is 3.79. The molecule has 2 N–H and O–H groups in total. The second kappa shape index (κ2) is 4.28. The fourth-order valence-corrected chi connectivity index (χ4v) is 1.49.